The minimum absolute atomic E-state index is 0.136. The lowest BCUT2D eigenvalue weighted by molar-refractivity contribution is 0.180. The van der Waals surface area contributed by atoms with Crippen LogP contribution in [0.3, 0.4) is 0 Å². The van der Waals surface area contributed by atoms with Gasteiger partial charge in [-0.2, -0.15) is 0 Å². The minimum atomic E-state index is -0.491. The zero-order chi connectivity index (χ0) is 29.1. The molecule has 41 heavy (non-hydrogen) atoms. The predicted molar refractivity (Wildman–Crippen MR) is 165 cm³/mol. The summed E-state index contributed by atoms with van der Waals surface area (Å²) in [6.07, 6.45) is 0.834. The van der Waals surface area contributed by atoms with Crippen molar-refractivity contribution in [1.29, 1.82) is 0 Å². The molecular weight excluding hydrogens is 508 g/mol. The molecule has 0 unspecified atom stereocenters. The van der Waals surface area contributed by atoms with Crippen LogP contribution in [0, 0.1) is 6.92 Å². The summed E-state index contributed by atoms with van der Waals surface area (Å²) in [5, 5.41) is 14.2. The molecule has 1 N–H and O–H groups in total. The average molecular weight is 549 g/mol. The van der Waals surface area contributed by atoms with Gasteiger partial charge in [0.05, 0.1) is 5.54 Å². The van der Waals surface area contributed by atoms with E-state index in [1.54, 1.807) is 0 Å². The number of nitrogens with one attached hydrogen (secondary N) is 1. The molecule has 0 aliphatic carbocycles. The number of benzene rings is 3. The van der Waals surface area contributed by atoms with E-state index in [1.807, 2.05) is 28.9 Å². The zero-order valence-electron chi connectivity index (χ0n) is 24.9. The van der Waals surface area contributed by atoms with Crippen LogP contribution in [0.5, 0.6) is 0 Å². The van der Waals surface area contributed by atoms with E-state index in [0.29, 0.717) is 30.4 Å². The fourth-order valence-electron chi connectivity index (χ4n) is 5.29. The largest absolute Gasteiger partial charge is 0.322 e. The number of nitrogens with zero attached hydrogens (tertiary/aromatic N) is 5. The molecule has 0 amide bonds. The summed E-state index contributed by atoms with van der Waals surface area (Å²) in [7, 11) is 0. The third kappa shape index (κ3) is 6.15. The molecule has 0 fully saturated rings. The highest BCUT2D eigenvalue weighted by Crippen LogP contribution is 2.33. The molecule has 0 aliphatic rings. The molecule has 2 heterocycles. The standard InChI is InChI=1S/C34H40N6O/c1-7-34(5,6)40-32(36-37-38-40)31(29-20-28-19-24(4)13-18-30(28)35-33(29)41)39(21-25-11-9-8-10-12-25)22-26-14-16-27(17-15-26)23(2)3/h8-20,23,31H,7,21-22H2,1-6H3,(H,35,41)/t31-/m0/s1. The Balaban J connectivity index is 1.72. The first-order chi connectivity index (χ1) is 19.7. The zero-order valence-corrected chi connectivity index (χ0v) is 24.9. The Bertz CT molecular complexity index is 1670. The van der Waals surface area contributed by atoms with Gasteiger partial charge in [-0.25, -0.2) is 4.68 Å². The first-order valence-corrected chi connectivity index (χ1v) is 14.5. The number of aromatic nitrogens is 5. The summed E-state index contributed by atoms with van der Waals surface area (Å²) in [5.41, 5.74) is 5.72. The molecule has 212 valence electrons. The van der Waals surface area contributed by atoms with Gasteiger partial charge in [0.15, 0.2) is 5.82 Å². The highest BCUT2D eigenvalue weighted by Gasteiger charge is 2.34. The van der Waals surface area contributed by atoms with E-state index in [4.69, 9.17) is 0 Å². The third-order valence-corrected chi connectivity index (χ3v) is 8.13. The van der Waals surface area contributed by atoms with E-state index < -0.39 is 6.04 Å². The molecule has 0 spiro atoms. The van der Waals surface area contributed by atoms with E-state index >= 15 is 0 Å². The number of aromatic amines is 1. The molecule has 1 atom stereocenters. The maximum Gasteiger partial charge on any atom is 0.253 e. The van der Waals surface area contributed by atoms with Crippen molar-refractivity contribution in [3.8, 4) is 0 Å². The van der Waals surface area contributed by atoms with Gasteiger partial charge in [-0.05, 0) is 83.8 Å². The number of hydrogen-bond donors (Lipinski definition) is 1. The van der Waals surface area contributed by atoms with Crippen molar-refractivity contribution >= 4 is 10.9 Å². The van der Waals surface area contributed by atoms with Gasteiger partial charge < -0.3 is 4.98 Å². The van der Waals surface area contributed by atoms with Crippen molar-refractivity contribution in [2.24, 2.45) is 0 Å². The van der Waals surface area contributed by atoms with Crippen LogP contribution in [0.2, 0.25) is 0 Å². The SMILES string of the molecule is CCC(C)(C)n1nnnc1[C@H](c1cc2cc(C)ccc2[nH]c1=O)N(Cc1ccccc1)Cc1ccc(C(C)C)cc1. The molecule has 3 aromatic carbocycles. The molecule has 2 aromatic heterocycles. The Morgan fingerprint density at radius 1 is 0.927 bits per heavy atom. The number of aryl methyl sites for hydroxylation is 1. The second-order valence-corrected chi connectivity index (χ2v) is 11.9. The summed E-state index contributed by atoms with van der Waals surface area (Å²) >= 11 is 0. The van der Waals surface area contributed by atoms with Gasteiger partial charge in [-0.15, -0.1) is 5.10 Å². The Kier molecular flexibility index (Phi) is 8.18. The van der Waals surface area contributed by atoms with E-state index in [9.17, 15) is 4.79 Å². The van der Waals surface area contributed by atoms with Gasteiger partial charge in [0, 0.05) is 24.2 Å². The van der Waals surface area contributed by atoms with Crippen LogP contribution < -0.4 is 5.56 Å². The fraction of sp³-hybridized carbons (Fsp3) is 0.353. The van der Waals surface area contributed by atoms with Gasteiger partial charge in [-0.1, -0.05) is 87.0 Å². The second-order valence-electron chi connectivity index (χ2n) is 11.9. The molecule has 0 saturated heterocycles. The normalized spacial score (nSPS) is 12.9. The van der Waals surface area contributed by atoms with E-state index in [-0.39, 0.29) is 11.1 Å². The molecule has 0 aliphatic heterocycles. The fourth-order valence-corrected chi connectivity index (χ4v) is 5.29. The lowest BCUT2D eigenvalue weighted by Crippen LogP contribution is -2.38. The number of rotatable bonds is 10. The average Bonchev–Trinajstić information content (AvgIpc) is 3.45. The van der Waals surface area contributed by atoms with Gasteiger partial charge in [0.25, 0.3) is 5.56 Å². The van der Waals surface area contributed by atoms with Gasteiger partial charge in [0.2, 0.25) is 0 Å². The molecule has 7 heteroatoms. The summed E-state index contributed by atoms with van der Waals surface area (Å²) in [6, 6.07) is 26.8. The van der Waals surface area contributed by atoms with Crippen LogP contribution in [0.15, 0.2) is 83.7 Å². The van der Waals surface area contributed by atoms with Crippen LogP contribution in [0.1, 0.15) is 86.6 Å². The minimum Gasteiger partial charge on any atom is -0.322 e. The van der Waals surface area contributed by atoms with Crippen LogP contribution in [0.25, 0.3) is 10.9 Å². The Morgan fingerprint density at radius 3 is 2.27 bits per heavy atom. The van der Waals surface area contributed by atoms with Gasteiger partial charge >= 0.3 is 0 Å². The number of fused-ring (bicyclic) bond motifs is 1. The smallest absolute Gasteiger partial charge is 0.253 e. The number of pyridine rings is 1. The lowest BCUT2D eigenvalue weighted by atomic mass is 9.97. The van der Waals surface area contributed by atoms with E-state index in [0.717, 1.165) is 34.0 Å². The Hall–Kier alpha value is -4.10. The number of hydrogen-bond acceptors (Lipinski definition) is 5. The maximum absolute atomic E-state index is 13.9. The lowest BCUT2D eigenvalue weighted by Gasteiger charge is -2.33. The highest BCUT2D eigenvalue weighted by molar-refractivity contribution is 5.79. The van der Waals surface area contributed by atoms with Crippen LogP contribution >= 0.6 is 0 Å². The molecule has 0 radical (unpaired) electrons. The molecular formula is C34H40N6O. The monoisotopic (exact) mass is 548 g/mol. The first-order valence-electron chi connectivity index (χ1n) is 14.5. The quantitative estimate of drug-likeness (QED) is 0.206. The first kappa shape index (κ1) is 28.4. The number of tetrazole rings is 1. The Morgan fingerprint density at radius 2 is 1.61 bits per heavy atom. The number of H-pyrrole nitrogens is 1. The van der Waals surface area contributed by atoms with Crippen molar-refractivity contribution < 1.29 is 0 Å². The van der Waals surface area contributed by atoms with Crippen molar-refractivity contribution in [2.45, 2.75) is 78.6 Å². The van der Waals surface area contributed by atoms with Gasteiger partial charge in [0.1, 0.15) is 6.04 Å². The van der Waals surface area contributed by atoms with Crippen LogP contribution in [-0.2, 0) is 18.6 Å². The second kappa shape index (κ2) is 11.8. The van der Waals surface area contributed by atoms with E-state index in [1.165, 1.54) is 5.56 Å². The third-order valence-electron chi connectivity index (χ3n) is 8.13. The topological polar surface area (TPSA) is 79.7 Å². The summed E-state index contributed by atoms with van der Waals surface area (Å²) in [5.74, 6) is 1.11. The predicted octanol–water partition coefficient (Wildman–Crippen LogP) is 6.88. The van der Waals surface area contributed by atoms with Crippen molar-refractivity contribution in [2.75, 3.05) is 0 Å². The van der Waals surface area contributed by atoms with E-state index in [2.05, 4.69) is 122 Å². The summed E-state index contributed by atoms with van der Waals surface area (Å²) < 4.78 is 1.90. The maximum atomic E-state index is 13.9. The van der Waals surface area contributed by atoms with Crippen LogP contribution in [-0.4, -0.2) is 30.1 Å². The van der Waals surface area contributed by atoms with Crippen LogP contribution in [0.4, 0.5) is 0 Å². The molecule has 0 bridgehead atoms. The molecule has 5 rings (SSSR count). The summed E-state index contributed by atoms with van der Waals surface area (Å²) in [4.78, 5) is 19.3. The highest BCUT2D eigenvalue weighted by atomic mass is 16.1. The molecule has 5 aromatic rings. The van der Waals surface area contributed by atoms with Gasteiger partial charge in [-0.3, -0.25) is 9.69 Å². The van der Waals surface area contributed by atoms with Crippen molar-refractivity contribution in [1.82, 2.24) is 30.1 Å². The van der Waals surface area contributed by atoms with Crippen molar-refractivity contribution in [3.05, 3.63) is 123 Å². The summed E-state index contributed by atoms with van der Waals surface area (Å²) in [6.45, 7) is 14.1. The Labute approximate surface area is 242 Å². The molecule has 7 nitrogen and oxygen atoms in total. The van der Waals surface area contributed by atoms with Crippen molar-refractivity contribution in [3.63, 3.8) is 0 Å². The molecule has 0 saturated carbocycles.